The van der Waals surface area contributed by atoms with Crippen LogP contribution in [0.25, 0.3) is 0 Å². The summed E-state index contributed by atoms with van der Waals surface area (Å²) < 4.78 is 13.3. The van der Waals surface area contributed by atoms with Gasteiger partial charge in [0.2, 0.25) is 0 Å². The van der Waals surface area contributed by atoms with Crippen molar-refractivity contribution in [3.8, 4) is 0 Å². The lowest BCUT2D eigenvalue weighted by molar-refractivity contribution is -0.385. The smallest absolute Gasteiger partial charge is 0.274 e. The highest BCUT2D eigenvalue weighted by molar-refractivity contribution is 5.52. The molecule has 1 unspecified atom stereocenters. The van der Waals surface area contributed by atoms with Crippen LogP contribution in [0.4, 0.5) is 15.8 Å². The summed E-state index contributed by atoms with van der Waals surface area (Å²) in [5.74, 6) is -0.586. The summed E-state index contributed by atoms with van der Waals surface area (Å²) in [6.07, 6.45) is 7.02. The van der Waals surface area contributed by atoms with E-state index >= 15 is 0 Å². The van der Waals surface area contributed by atoms with Crippen LogP contribution in [0.5, 0.6) is 0 Å². The number of rotatable bonds is 9. The second-order valence-corrected chi connectivity index (χ2v) is 5.20. The summed E-state index contributed by atoms with van der Waals surface area (Å²) in [5.41, 5.74) is 0.250. The molecule has 0 aliphatic carbocycles. The van der Waals surface area contributed by atoms with Crippen molar-refractivity contribution >= 4 is 11.4 Å². The predicted octanol–water partition coefficient (Wildman–Crippen LogP) is 4.89. The molecule has 0 spiro atoms. The molecule has 1 atom stereocenters. The second-order valence-electron chi connectivity index (χ2n) is 5.20. The number of nitrogens with zero attached hydrogens (tertiary/aromatic N) is 1. The Bertz CT molecular complexity index is 438. The van der Waals surface area contributed by atoms with E-state index in [0.29, 0.717) is 5.69 Å². The van der Waals surface area contributed by atoms with Crippen LogP contribution in [0.3, 0.4) is 0 Å². The molecule has 0 aliphatic rings. The number of nitro benzene ring substituents is 1. The maximum Gasteiger partial charge on any atom is 0.274 e. The van der Waals surface area contributed by atoms with E-state index in [1.807, 2.05) is 6.92 Å². The molecule has 20 heavy (non-hydrogen) atoms. The standard InChI is InChI=1S/C15H23FN2O2/c1-3-4-5-6-7-8-12(2)17-14-9-13(16)10-15(11-14)18(19)20/h9-12,17H,3-8H2,1-2H3. The molecule has 5 heteroatoms. The third-order valence-electron chi connectivity index (χ3n) is 3.25. The quantitative estimate of drug-likeness (QED) is 0.398. The maximum atomic E-state index is 13.3. The van der Waals surface area contributed by atoms with Gasteiger partial charge in [-0.15, -0.1) is 0 Å². The fourth-order valence-electron chi connectivity index (χ4n) is 2.17. The first-order chi connectivity index (χ1) is 9.52. The van der Waals surface area contributed by atoms with Gasteiger partial charge in [-0.3, -0.25) is 10.1 Å². The highest BCUT2D eigenvalue weighted by atomic mass is 19.1. The SMILES string of the molecule is CCCCCCCC(C)Nc1cc(F)cc([N+](=O)[O-])c1. The van der Waals surface area contributed by atoms with Gasteiger partial charge >= 0.3 is 0 Å². The molecule has 4 nitrogen and oxygen atoms in total. The Kier molecular flexibility index (Phi) is 6.98. The zero-order chi connectivity index (χ0) is 15.0. The predicted molar refractivity (Wildman–Crippen MR) is 79.5 cm³/mol. The van der Waals surface area contributed by atoms with Gasteiger partial charge in [-0.05, 0) is 19.4 Å². The molecule has 1 N–H and O–H groups in total. The van der Waals surface area contributed by atoms with E-state index in [1.54, 1.807) is 0 Å². The summed E-state index contributed by atoms with van der Waals surface area (Å²) in [7, 11) is 0. The van der Waals surface area contributed by atoms with Crippen LogP contribution in [0, 0.1) is 15.9 Å². The molecule has 0 aliphatic heterocycles. The van der Waals surface area contributed by atoms with Crippen LogP contribution in [-0.2, 0) is 0 Å². The second kappa shape index (κ2) is 8.51. The molecule has 0 amide bonds. The summed E-state index contributed by atoms with van der Waals surface area (Å²) in [5, 5.41) is 13.8. The summed E-state index contributed by atoms with van der Waals surface area (Å²) in [6.45, 7) is 4.19. The van der Waals surface area contributed by atoms with Crippen LogP contribution in [0.2, 0.25) is 0 Å². The van der Waals surface area contributed by atoms with E-state index in [2.05, 4.69) is 12.2 Å². The fraction of sp³-hybridized carbons (Fsp3) is 0.600. The van der Waals surface area contributed by atoms with E-state index in [9.17, 15) is 14.5 Å². The minimum Gasteiger partial charge on any atom is -0.382 e. The number of halogens is 1. The highest BCUT2D eigenvalue weighted by Crippen LogP contribution is 2.21. The van der Waals surface area contributed by atoms with Crippen LogP contribution in [-0.4, -0.2) is 11.0 Å². The Morgan fingerprint density at radius 3 is 2.60 bits per heavy atom. The monoisotopic (exact) mass is 282 g/mol. The first-order valence-corrected chi connectivity index (χ1v) is 7.24. The molecule has 0 saturated carbocycles. The molecular weight excluding hydrogens is 259 g/mol. The van der Waals surface area contributed by atoms with Crippen LogP contribution >= 0.6 is 0 Å². The Hall–Kier alpha value is -1.65. The summed E-state index contributed by atoms with van der Waals surface area (Å²) in [4.78, 5) is 10.1. The molecular formula is C15H23FN2O2. The lowest BCUT2D eigenvalue weighted by Crippen LogP contribution is -2.15. The molecule has 0 saturated heterocycles. The molecule has 0 bridgehead atoms. The van der Waals surface area contributed by atoms with Crippen LogP contribution in [0.15, 0.2) is 18.2 Å². The largest absolute Gasteiger partial charge is 0.382 e. The van der Waals surface area contributed by atoms with Crippen molar-refractivity contribution in [2.75, 3.05) is 5.32 Å². The molecule has 1 aromatic rings. The van der Waals surface area contributed by atoms with Gasteiger partial charge in [0.25, 0.3) is 5.69 Å². The molecule has 0 radical (unpaired) electrons. The van der Waals surface area contributed by atoms with Gasteiger partial charge in [0, 0.05) is 17.8 Å². The number of non-ortho nitro benzene ring substituents is 1. The number of unbranched alkanes of at least 4 members (excludes halogenated alkanes) is 4. The van der Waals surface area contributed by atoms with Crippen LogP contribution < -0.4 is 5.32 Å². The number of nitro groups is 1. The zero-order valence-electron chi connectivity index (χ0n) is 12.2. The van der Waals surface area contributed by atoms with Gasteiger partial charge in [0.15, 0.2) is 0 Å². The highest BCUT2D eigenvalue weighted by Gasteiger charge is 2.11. The maximum absolute atomic E-state index is 13.3. The van der Waals surface area contributed by atoms with Crippen molar-refractivity contribution in [3.63, 3.8) is 0 Å². The van der Waals surface area contributed by atoms with Gasteiger partial charge in [-0.2, -0.15) is 0 Å². The molecule has 112 valence electrons. The first kappa shape index (κ1) is 16.4. The number of hydrogen-bond donors (Lipinski definition) is 1. The van der Waals surface area contributed by atoms with Crippen molar-refractivity contribution in [1.82, 2.24) is 0 Å². The average Bonchev–Trinajstić information content (AvgIpc) is 2.37. The van der Waals surface area contributed by atoms with Crippen molar-refractivity contribution in [2.45, 2.75) is 58.4 Å². The number of benzene rings is 1. The Morgan fingerprint density at radius 1 is 1.25 bits per heavy atom. The Balaban J connectivity index is 2.45. The van der Waals surface area contributed by atoms with E-state index in [4.69, 9.17) is 0 Å². The number of hydrogen-bond acceptors (Lipinski definition) is 3. The van der Waals surface area contributed by atoms with Crippen molar-refractivity contribution in [2.24, 2.45) is 0 Å². The third kappa shape index (κ3) is 5.99. The minimum absolute atomic E-state index is 0.179. The molecule has 0 heterocycles. The van der Waals surface area contributed by atoms with E-state index in [1.165, 1.54) is 37.8 Å². The Labute approximate surface area is 119 Å². The van der Waals surface area contributed by atoms with E-state index < -0.39 is 10.7 Å². The summed E-state index contributed by atoms with van der Waals surface area (Å²) >= 11 is 0. The third-order valence-corrected chi connectivity index (χ3v) is 3.25. The fourth-order valence-corrected chi connectivity index (χ4v) is 2.17. The molecule has 0 aromatic heterocycles. The van der Waals surface area contributed by atoms with Crippen molar-refractivity contribution < 1.29 is 9.31 Å². The van der Waals surface area contributed by atoms with Gasteiger partial charge in [0.05, 0.1) is 11.0 Å². The van der Waals surface area contributed by atoms with Crippen molar-refractivity contribution in [3.05, 3.63) is 34.1 Å². The molecule has 0 fully saturated rings. The van der Waals surface area contributed by atoms with Gasteiger partial charge in [-0.1, -0.05) is 39.0 Å². The molecule has 1 rings (SSSR count). The number of nitrogens with one attached hydrogen (secondary N) is 1. The van der Waals surface area contributed by atoms with E-state index in [-0.39, 0.29) is 11.7 Å². The van der Waals surface area contributed by atoms with Gasteiger partial charge in [-0.25, -0.2) is 4.39 Å². The average molecular weight is 282 g/mol. The number of anilines is 1. The Morgan fingerprint density at radius 2 is 1.95 bits per heavy atom. The van der Waals surface area contributed by atoms with Gasteiger partial charge in [0.1, 0.15) is 5.82 Å². The van der Waals surface area contributed by atoms with Crippen LogP contribution in [0.1, 0.15) is 52.4 Å². The molecule has 1 aromatic carbocycles. The normalized spacial score (nSPS) is 12.2. The van der Waals surface area contributed by atoms with Crippen molar-refractivity contribution in [1.29, 1.82) is 0 Å². The first-order valence-electron chi connectivity index (χ1n) is 7.24. The lowest BCUT2D eigenvalue weighted by atomic mass is 10.1. The summed E-state index contributed by atoms with van der Waals surface area (Å²) in [6, 6.07) is 3.77. The van der Waals surface area contributed by atoms with E-state index in [0.717, 1.165) is 18.9 Å². The van der Waals surface area contributed by atoms with Gasteiger partial charge < -0.3 is 5.32 Å². The zero-order valence-corrected chi connectivity index (χ0v) is 12.2. The minimum atomic E-state index is -0.586. The topological polar surface area (TPSA) is 55.2 Å². The lowest BCUT2D eigenvalue weighted by Gasteiger charge is -2.15.